The first-order valence-corrected chi connectivity index (χ1v) is 5.23. The Kier molecular flexibility index (Phi) is 3.35. The summed E-state index contributed by atoms with van der Waals surface area (Å²) >= 11 is 5.67. The number of ether oxygens (including phenoxy) is 1. The number of aromatic nitrogens is 2. The van der Waals surface area contributed by atoms with E-state index in [-0.39, 0.29) is 6.10 Å². The normalized spacial score (nSPS) is 21.7. The van der Waals surface area contributed by atoms with Gasteiger partial charge in [0.05, 0.1) is 12.7 Å². The molecule has 1 aliphatic heterocycles. The molecule has 2 heterocycles. The second kappa shape index (κ2) is 4.74. The SMILES string of the molecule is NC[C@H]1CN(c2ccc(Cl)nn2)CCO1. The zero-order valence-corrected chi connectivity index (χ0v) is 9.02. The molecular weight excluding hydrogens is 216 g/mol. The summed E-state index contributed by atoms with van der Waals surface area (Å²) in [6.07, 6.45) is 0.0798. The van der Waals surface area contributed by atoms with Crippen molar-refractivity contribution in [1.29, 1.82) is 0 Å². The highest BCUT2D eigenvalue weighted by atomic mass is 35.5. The van der Waals surface area contributed by atoms with Gasteiger partial charge in [0, 0.05) is 19.6 Å². The zero-order valence-electron chi connectivity index (χ0n) is 8.27. The summed E-state index contributed by atoms with van der Waals surface area (Å²) < 4.78 is 5.46. The first-order chi connectivity index (χ1) is 7.29. The largest absolute Gasteiger partial charge is 0.373 e. The molecule has 6 heteroatoms. The molecule has 0 amide bonds. The van der Waals surface area contributed by atoms with Crippen molar-refractivity contribution >= 4 is 17.4 Å². The lowest BCUT2D eigenvalue weighted by Crippen LogP contribution is -2.46. The summed E-state index contributed by atoms with van der Waals surface area (Å²) in [5.74, 6) is 0.821. The molecule has 1 aliphatic rings. The van der Waals surface area contributed by atoms with Gasteiger partial charge in [-0.25, -0.2) is 0 Å². The van der Waals surface area contributed by atoms with Gasteiger partial charge < -0.3 is 15.4 Å². The zero-order chi connectivity index (χ0) is 10.7. The maximum Gasteiger partial charge on any atom is 0.151 e. The lowest BCUT2D eigenvalue weighted by Gasteiger charge is -2.32. The Morgan fingerprint density at radius 1 is 1.53 bits per heavy atom. The van der Waals surface area contributed by atoms with Crippen LogP contribution in [0.1, 0.15) is 0 Å². The summed E-state index contributed by atoms with van der Waals surface area (Å²) in [6.45, 7) is 2.77. The summed E-state index contributed by atoms with van der Waals surface area (Å²) in [6, 6.07) is 3.59. The summed E-state index contributed by atoms with van der Waals surface area (Å²) in [5.41, 5.74) is 5.56. The molecule has 1 aromatic heterocycles. The highest BCUT2D eigenvalue weighted by Gasteiger charge is 2.20. The number of rotatable bonds is 2. The Morgan fingerprint density at radius 2 is 2.40 bits per heavy atom. The molecule has 1 fully saturated rings. The van der Waals surface area contributed by atoms with E-state index in [1.165, 1.54) is 0 Å². The van der Waals surface area contributed by atoms with Crippen LogP contribution in [0.3, 0.4) is 0 Å². The molecule has 0 unspecified atom stereocenters. The van der Waals surface area contributed by atoms with E-state index in [0.717, 1.165) is 18.9 Å². The van der Waals surface area contributed by atoms with Gasteiger partial charge in [0.2, 0.25) is 0 Å². The van der Waals surface area contributed by atoms with E-state index in [2.05, 4.69) is 15.1 Å². The smallest absolute Gasteiger partial charge is 0.151 e. The van der Waals surface area contributed by atoms with Crippen molar-refractivity contribution in [2.24, 2.45) is 5.73 Å². The monoisotopic (exact) mass is 228 g/mol. The van der Waals surface area contributed by atoms with Crippen molar-refractivity contribution in [1.82, 2.24) is 10.2 Å². The number of nitrogens with two attached hydrogens (primary N) is 1. The van der Waals surface area contributed by atoms with E-state index in [9.17, 15) is 0 Å². The predicted molar refractivity (Wildman–Crippen MR) is 58.0 cm³/mol. The van der Waals surface area contributed by atoms with Crippen LogP contribution in [0.5, 0.6) is 0 Å². The third kappa shape index (κ3) is 2.56. The standard InChI is InChI=1S/C9H13ClN4O/c10-8-1-2-9(13-12-8)14-3-4-15-7(5-11)6-14/h1-2,7H,3-6,11H2/t7-/m0/s1. The summed E-state index contributed by atoms with van der Waals surface area (Å²) in [4.78, 5) is 2.10. The van der Waals surface area contributed by atoms with Crippen molar-refractivity contribution in [2.75, 3.05) is 31.1 Å². The van der Waals surface area contributed by atoms with Crippen LogP contribution < -0.4 is 10.6 Å². The van der Waals surface area contributed by atoms with Crippen molar-refractivity contribution in [3.63, 3.8) is 0 Å². The first kappa shape index (κ1) is 10.6. The van der Waals surface area contributed by atoms with Crippen molar-refractivity contribution in [2.45, 2.75) is 6.10 Å². The Bertz CT molecular complexity index is 318. The summed E-state index contributed by atoms with van der Waals surface area (Å²) in [7, 11) is 0. The number of morpholine rings is 1. The fourth-order valence-electron chi connectivity index (χ4n) is 1.55. The predicted octanol–water partition coefficient (Wildman–Crippen LogP) is 0.294. The van der Waals surface area contributed by atoms with Crippen LogP contribution in [0.25, 0.3) is 0 Å². The molecule has 5 nitrogen and oxygen atoms in total. The minimum atomic E-state index is 0.0798. The maximum atomic E-state index is 5.67. The number of anilines is 1. The topological polar surface area (TPSA) is 64.3 Å². The van der Waals surface area contributed by atoms with Crippen LogP contribution in [-0.4, -0.2) is 42.5 Å². The molecule has 2 rings (SSSR count). The maximum absolute atomic E-state index is 5.67. The third-order valence-corrected chi connectivity index (χ3v) is 2.55. The van der Waals surface area contributed by atoms with Crippen molar-refractivity contribution in [3.05, 3.63) is 17.3 Å². The lowest BCUT2D eigenvalue weighted by molar-refractivity contribution is 0.0462. The molecule has 0 radical (unpaired) electrons. The lowest BCUT2D eigenvalue weighted by atomic mass is 10.2. The van der Waals surface area contributed by atoms with Crippen LogP contribution in [0.4, 0.5) is 5.82 Å². The van der Waals surface area contributed by atoms with Gasteiger partial charge in [-0.3, -0.25) is 0 Å². The van der Waals surface area contributed by atoms with Gasteiger partial charge in [-0.1, -0.05) is 11.6 Å². The third-order valence-electron chi connectivity index (χ3n) is 2.34. The fourth-order valence-corrected chi connectivity index (χ4v) is 1.65. The van der Waals surface area contributed by atoms with Crippen LogP contribution >= 0.6 is 11.6 Å². The van der Waals surface area contributed by atoms with E-state index in [4.69, 9.17) is 22.1 Å². The first-order valence-electron chi connectivity index (χ1n) is 4.85. The molecule has 82 valence electrons. The van der Waals surface area contributed by atoms with Crippen LogP contribution in [-0.2, 0) is 4.74 Å². The molecule has 0 spiro atoms. The van der Waals surface area contributed by atoms with Gasteiger partial charge in [0.1, 0.15) is 0 Å². The Hall–Kier alpha value is -0.910. The molecule has 0 bridgehead atoms. The Morgan fingerprint density at radius 3 is 3.07 bits per heavy atom. The number of nitrogens with zero attached hydrogens (tertiary/aromatic N) is 3. The van der Waals surface area contributed by atoms with E-state index in [1.807, 2.05) is 6.07 Å². The molecule has 1 atom stereocenters. The molecule has 0 aliphatic carbocycles. The quantitative estimate of drug-likeness (QED) is 0.789. The van der Waals surface area contributed by atoms with Gasteiger partial charge >= 0.3 is 0 Å². The minimum Gasteiger partial charge on any atom is -0.373 e. The van der Waals surface area contributed by atoms with E-state index in [1.54, 1.807) is 6.07 Å². The summed E-state index contributed by atoms with van der Waals surface area (Å²) in [5, 5.41) is 8.23. The van der Waals surface area contributed by atoms with Gasteiger partial charge in [0.15, 0.2) is 11.0 Å². The molecule has 15 heavy (non-hydrogen) atoms. The average molecular weight is 229 g/mol. The van der Waals surface area contributed by atoms with Gasteiger partial charge in [-0.05, 0) is 12.1 Å². The van der Waals surface area contributed by atoms with Gasteiger partial charge in [0.25, 0.3) is 0 Å². The van der Waals surface area contributed by atoms with Crippen molar-refractivity contribution < 1.29 is 4.74 Å². The van der Waals surface area contributed by atoms with Crippen LogP contribution in [0.2, 0.25) is 5.15 Å². The Balaban J connectivity index is 2.06. The van der Waals surface area contributed by atoms with Gasteiger partial charge in [-0.15, -0.1) is 10.2 Å². The van der Waals surface area contributed by atoms with Gasteiger partial charge in [-0.2, -0.15) is 0 Å². The van der Waals surface area contributed by atoms with E-state index in [0.29, 0.717) is 18.3 Å². The highest BCUT2D eigenvalue weighted by Crippen LogP contribution is 2.15. The molecule has 2 N–H and O–H groups in total. The second-order valence-electron chi connectivity index (χ2n) is 3.39. The molecular formula is C9H13ClN4O. The number of hydrogen-bond acceptors (Lipinski definition) is 5. The molecule has 0 aromatic carbocycles. The van der Waals surface area contributed by atoms with Crippen molar-refractivity contribution in [3.8, 4) is 0 Å². The van der Waals surface area contributed by atoms with E-state index >= 15 is 0 Å². The molecule has 0 saturated carbocycles. The van der Waals surface area contributed by atoms with Crippen LogP contribution in [0, 0.1) is 0 Å². The number of halogens is 1. The minimum absolute atomic E-state index is 0.0798. The second-order valence-corrected chi connectivity index (χ2v) is 3.78. The fraction of sp³-hybridized carbons (Fsp3) is 0.556. The molecule has 1 saturated heterocycles. The molecule has 1 aromatic rings. The average Bonchev–Trinajstić information content (AvgIpc) is 2.30. The van der Waals surface area contributed by atoms with Crippen LogP contribution in [0.15, 0.2) is 12.1 Å². The Labute approximate surface area is 93.2 Å². The van der Waals surface area contributed by atoms with E-state index < -0.39 is 0 Å². The number of hydrogen-bond donors (Lipinski definition) is 1. The highest BCUT2D eigenvalue weighted by molar-refractivity contribution is 6.29.